The summed E-state index contributed by atoms with van der Waals surface area (Å²) in [5.41, 5.74) is 6.81. The van der Waals surface area contributed by atoms with Gasteiger partial charge in [0.25, 0.3) is 0 Å². The molecule has 0 aromatic heterocycles. The Bertz CT molecular complexity index is 719. The van der Waals surface area contributed by atoms with Crippen LogP contribution in [0.3, 0.4) is 0 Å². The lowest BCUT2D eigenvalue weighted by atomic mass is 9.88. The highest BCUT2D eigenvalue weighted by Gasteiger charge is 2.28. The van der Waals surface area contributed by atoms with E-state index in [1.54, 1.807) is 0 Å². The summed E-state index contributed by atoms with van der Waals surface area (Å²) in [5, 5.41) is 0.834. The summed E-state index contributed by atoms with van der Waals surface area (Å²) in [6.45, 7) is 0. The molecule has 2 aromatic carbocycles. The van der Waals surface area contributed by atoms with Crippen LogP contribution in [0.4, 0.5) is 5.69 Å². The zero-order valence-electron chi connectivity index (χ0n) is 9.65. The van der Waals surface area contributed by atoms with Crippen LogP contribution < -0.4 is 0 Å². The van der Waals surface area contributed by atoms with Gasteiger partial charge in [-0.15, -0.1) is 0 Å². The highest BCUT2D eigenvalue weighted by molar-refractivity contribution is 6.59. The molecule has 0 N–H and O–H groups in total. The van der Waals surface area contributed by atoms with Crippen molar-refractivity contribution in [3.8, 4) is 0 Å². The molecule has 1 aliphatic heterocycles. The average Bonchev–Trinajstić information content (AvgIpc) is 2.77. The van der Waals surface area contributed by atoms with Gasteiger partial charge in [-0.3, -0.25) is 4.99 Å². The standard InChI is InChI=1S/C16H10ClN/c17-16-11-6-2-1-5-10(11)9-14-15(16)12-7-3-4-8-13(12)18-14/h1-8H,9H2. The third-order valence-corrected chi connectivity index (χ3v) is 3.94. The van der Waals surface area contributed by atoms with E-state index in [4.69, 9.17) is 16.6 Å². The molecule has 0 unspecified atom stereocenters. The molecular weight excluding hydrogens is 242 g/mol. The molecule has 1 aliphatic carbocycles. The van der Waals surface area contributed by atoms with Gasteiger partial charge in [-0.25, -0.2) is 0 Å². The molecule has 18 heavy (non-hydrogen) atoms. The first-order chi connectivity index (χ1) is 8.84. The number of fused-ring (bicyclic) bond motifs is 4. The number of hydrogen-bond acceptors (Lipinski definition) is 1. The molecule has 0 atom stereocenters. The Kier molecular flexibility index (Phi) is 2.00. The molecule has 0 saturated heterocycles. The summed E-state index contributed by atoms with van der Waals surface area (Å²) in [7, 11) is 0. The first kappa shape index (κ1) is 10.1. The van der Waals surface area contributed by atoms with Gasteiger partial charge in [-0.1, -0.05) is 54.1 Å². The van der Waals surface area contributed by atoms with E-state index in [-0.39, 0.29) is 0 Å². The van der Waals surface area contributed by atoms with Crippen LogP contribution >= 0.6 is 11.6 Å². The Hall–Kier alpha value is -1.86. The van der Waals surface area contributed by atoms with E-state index in [2.05, 4.69) is 24.3 Å². The molecule has 2 heteroatoms. The summed E-state index contributed by atoms with van der Waals surface area (Å²) in [6.07, 6.45) is 0.871. The lowest BCUT2D eigenvalue weighted by molar-refractivity contribution is 1.30. The minimum atomic E-state index is 0.834. The van der Waals surface area contributed by atoms with Crippen molar-refractivity contribution in [2.75, 3.05) is 0 Å². The van der Waals surface area contributed by atoms with Crippen LogP contribution in [-0.2, 0) is 6.42 Å². The Morgan fingerprint density at radius 2 is 1.61 bits per heavy atom. The molecule has 86 valence electrons. The van der Waals surface area contributed by atoms with E-state index in [0.29, 0.717) is 0 Å². The van der Waals surface area contributed by atoms with Gasteiger partial charge in [-0.2, -0.15) is 0 Å². The van der Waals surface area contributed by atoms with Crippen molar-refractivity contribution in [2.24, 2.45) is 4.99 Å². The smallest absolute Gasteiger partial charge is 0.0712 e. The molecule has 2 aliphatic rings. The number of hydrogen-bond donors (Lipinski definition) is 0. The van der Waals surface area contributed by atoms with Gasteiger partial charge in [0, 0.05) is 17.6 Å². The van der Waals surface area contributed by atoms with Crippen molar-refractivity contribution in [2.45, 2.75) is 6.42 Å². The van der Waals surface area contributed by atoms with Crippen molar-refractivity contribution >= 4 is 33.6 Å². The fraction of sp³-hybridized carbons (Fsp3) is 0.0625. The normalized spacial score (nSPS) is 15.9. The van der Waals surface area contributed by atoms with E-state index in [1.807, 2.05) is 24.3 Å². The minimum Gasteiger partial charge on any atom is -0.252 e. The summed E-state index contributed by atoms with van der Waals surface area (Å²) < 4.78 is 0. The second kappa shape index (κ2) is 3.56. The molecule has 0 amide bonds. The van der Waals surface area contributed by atoms with E-state index in [0.717, 1.165) is 39.6 Å². The molecule has 1 nitrogen and oxygen atoms in total. The molecule has 0 radical (unpaired) electrons. The molecule has 0 bridgehead atoms. The van der Waals surface area contributed by atoms with Crippen LogP contribution in [0.15, 0.2) is 53.5 Å². The maximum absolute atomic E-state index is 6.57. The third-order valence-electron chi connectivity index (χ3n) is 3.55. The molecule has 1 heterocycles. The Labute approximate surface area is 110 Å². The fourth-order valence-electron chi connectivity index (χ4n) is 2.72. The van der Waals surface area contributed by atoms with Crippen LogP contribution in [0, 0.1) is 0 Å². The first-order valence-corrected chi connectivity index (χ1v) is 6.38. The molecular formula is C16H10ClN. The van der Waals surface area contributed by atoms with Crippen molar-refractivity contribution in [3.63, 3.8) is 0 Å². The van der Waals surface area contributed by atoms with E-state index in [9.17, 15) is 0 Å². The monoisotopic (exact) mass is 251 g/mol. The van der Waals surface area contributed by atoms with E-state index < -0.39 is 0 Å². The van der Waals surface area contributed by atoms with Crippen LogP contribution in [0.2, 0.25) is 0 Å². The Morgan fingerprint density at radius 1 is 0.889 bits per heavy atom. The van der Waals surface area contributed by atoms with Crippen LogP contribution in [0.25, 0.3) is 10.6 Å². The number of para-hydroxylation sites is 1. The van der Waals surface area contributed by atoms with Crippen molar-refractivity contribution in [1.82, 2.24) is 0 Å². The highest BCUT2D eigenvalue weighted by Crippen LogP contribution is 2.44. The van der Waals surface area contributed by atoms with Crippen molar-refractivity contribution in [3.05, 3.63) is 65.2 Å². The van der Waals surface area contributed by atoms with Gasteiger partial charge in [-0.05, 0) is 17.2 Å². The summed E-state index contributed by atoms with van der Waals surface area (Å²) in [5.74, 6) is 0. The zero-order chi connectivity index (χ0) is 12.1. The van der Waals surface area contributed by atoms with E-state index in [1.165, 1.54) is 5.56 Å². The molecule has 4 rings (SSSR count). The van der Waals surface area contributed by atoms with Gasteiger partial charge in [0.1, 0.15) is 0 Å². The summed E-state index contributed by atoms with van der Waals surface area (Å²) in [4.78, 5) is 4.70. The van der Waals surface area contributed by atoms with E-state index >= 15 is 0 Å². The highest BCUT2D eigenvalue weighted by atomic mass is 35.5. The second-order valence-electron chi connectivity index (χ2n) is 4.60. The molecule has 0 spiro atoms. The quantitative estimate of drug-likeness (QED) is 0.657. The average molecular weight is 252 g/mol. The number of nitrogens with zero attached hydrogens (tertiary/aromatic N) is 1. The number of rotatable bonds is 0. The topological polar surface area (TPSA) is 12.4 Å². The number of allylic oxidation sites excluding steroid dienone is 1. The van der Waals surface area contributed by atoms with Gasteiger partial charge in [0.2, 0.25) is 0 Å². The van der Waals surface area contributed by atoms with Crippen molar-refractivity contribution in [1.29, 1.82) is 0 Å². The van der Waals surface area contributed by atoms with Crippen LogP contribution in [-0.4, -0.2) is 5.71 Å². The first-order valence-electron chi connectivity index (χ1n) is 6.00. The maximum atomic E-state index is 6.57. The van der Waals surface area contributed by atoms with Gasteiger partial charge >= 0.3 is 0 Å². The lowest BCUT2D eigenvalue weighted by Crippen LogP contribution is -2.10. The van der Waals surface area contributed by atoms with Crippen molar-refractivity contribution < 1.29 is 0 Å². The Morgan fingerprint density at radius 3 is 2.50 bits per heavy atom. The largest absolute Gasteiger partial charge is 0.252 e. The number of halogens is 1. The third kappa shape index (κ3) is 1.25. The Balaban J connectivity index is 2.04. The lowest BCUT2D eigenvalue weighted by Gasteiger charge is -2.18. The predicted octanol–water partition coefficient (Wildman–Crippen LogP) is 4.44. The molecule has 2 aromatic rings. The fourth-order valence-corrected chi connectivity index (χ4v) is 3.11. The van der Waals surface area contributed by atoms with Gasteiger partial charge in [0.05, 0.1) is 16.4 Å². The zero-order valence-corrected chi connectivity index (χ0v) is 10.4. The van der Waals surface area contributed by atoms with Crippen LogP contribution in [0.5, 0.6) is 0 Å². The SMILES string of the molecule is ClC1=C2C(=Nc3ccccc32)Cc2ccccc21. The van der Waals surface area contributed by atoms with Gasteiger partial charge < -0.3 is 0 Å². The predicted molar refractivity (Wildman–Crippen MR) is 76.4 cm³/mol. The van der Waals surface area contributed by atoms with Gasteiger partial charge in [0.15, 0.2) is 0 Å². The number of benzene rings is 2. The second-order valence-corrected chi connectivity index (χ2v) is 4.98. The molecule has 0 fully saturated rings. The minimum absolute atomic E-state index is 0.834. The van der Waals surface area contributed by atoms with Crippen LogP contribution in [0.1, 0.15) is 16.7 Å². The maximum Gasteiger partial charge on any atom is 0.0712 e. The molecule has 0 saturated carbocycles. The summed E-state index contributed by atoms with van der Waals surface area (Å²) in [6, 6.07) is 16.5. The number of aliphatic imine (C=N–C) groups is 1. The summed E-state index contributed by atoms with van der Waals surface area (Å²) >= 11 is 6.57.